The molecule has 6 heteroatoms. The lowest BCUT2D eigenvalue weighted by atomic mass is 10.1. The number of aryl methyl sites for hydroxylation is 2. The molecule has 28 heavy (non-hydrogen) atoms. The van der Waals surface area contributed by atoms with E-state index in [9.17, 15) is 14.4 Å². The molecule has 0 unspecified atom stereocenters. The van der Waals surface area contributed by atoms with E-state index in [1.807, 2.05) is 32.0 Å². The highest BCUT2D eigenvalue weighted by Gasteiger charge is 2.25. The van der Waals surface area contributed by atoms with Crippen LogP contribution in [0.15, 0.2) is 60.7 Å². The second-order valence-electron chi connectivity index (χ2n) is 6.12. The highest BCUT2D eigenvalue weighted by Crippen LogP contribution is 2.22. The van der Waals surface area contributed by atoms with Crippen LogP contribution in [0.25, 0.3) is 0 Å². The van der Waals surface area contributed by atoms with Crippen molar-refractivity contribution in [2.75, 3.05) is 11.9 Å². The molecule has 0 saturated heterocycles. The highest BCUT2D eigenvalue weighted by atomic mass is 16.5. The Labute approximate surface area is 164 Å². The second kappa shape index (κ2) is 10.1. The Morgan fingerprint density at radius 2 is 1.68 bits per heavy atom. The summed E-state index contributed by atoms with van der Waals surface area (Å²) in [6.45, 7) is 5.65. The Morgan fingerprint density at radius 3 is 2.36 bits per heavy atom. The van der Waals surface area contributed by atoms with Crippen molar-refractivity contribution < 1.29 is 23.9 Å². The molecule has 2 aromatic rings. The third-order valence-corrected chi connectivity index (χ3v) is 3.87. The summed E-state index contributed by atoms with van der Waals surface area (Å²) in [5.74, 6) is -1.97. The van der Waals surface area contributed by atoms with Crippen molar-refractivity contribution in [3.8, 4) is 0 Å². The molecule has 146 valence electrons. The summed E-state index contributed by atoms with van der Waals surface area (Å²) in [4.78, 5) is 36.3. The first kappa shape index (κ1) is 20.9. The molecule has 0 fully saturated rings. The zero-order chi connectivity index (χ0) is 20.5. The number of ether oxygens (including phenoxy) is 2. The number of carbonyl (C=O) groups is 3. The minimum atomic E-state index is -1.17. The van der Waals surface area contributed by atoms with Gasteiger partial charge >= 0.3 is 11.9 Å². The first-order valence-electron chi connectivity index (χ1n) is 8.89. The molecule has 0 spiro atoms. The van der Waals surface area contributed by atoms with Crippen LogP contribution in [0.5, 0.6) is 0 Å². The maximum atomic E-state index is 12.8. The number of nitrogens with one attached hydrogen (secondary N) is 1. The topological polar surface area (TPSA) is 81.7 Å². The van der Waals surface area contributed by atoms with Crippen molar-refractivity contribution in [2.45, 2.75) is 26.9 Å². The van der Waals surface area contributed by atoms with Crippen molar-refractivity contribution in [2.24, 2.45) is 0 Å². The number of hydrogen-bond acceptors (Lipinski definition) is 5. The van der Waals surface area contributed by atoms with Gasteiger partial charge in [0, 0.05) is 23.4 Å². The van der Waals surface area contributed by atoms with Gasteiger partial charge in [0.05, 0.1) is 6.61 Å². The maximum Gasteiger partial charge on any atom is 0.332 e. The Bertz CT molecular complexity index is 874. The summed E-state index contributed by atoms with van der Waals surface area (Å²) < 4.78 is 10.0. The first-order chi connectivity index (χ1) is 13.4. The third-order valence-electron chi connectivity index (χ3n) is 3.87. The van der Waals surface area contributed by atoms with Crippen molar-refractivity contribution in [1.82, 2.24) is 0 Å². The number of rotatable bonds is 7. The lowest BCUT2D eigenvalue weighted by molar-refractivity contribution is -0.150. The number of benzene rings is 2. The number of hydrogen-bond donors (Lipinski definition) is 1. The van der Waals surface area contributed by atoms with Crippen LogP contribution < -0.4 is 5.32 Å². The largest absolute Gasteiger partial charge is 0.463 e. The molecular formula is C22H23NO5. The number of carbonyl (C=O) groups excluding carboxylic acids is 3. The minimum Gasteiger partial charge on any atom is -0.463 e. The highest BCUT2D eigenvalue weighted by molar-refractivity contribution is 5.98. The van der Waals surface area contributed by atoms with Crippen LogP contribution in [-0.4, -0.2) is 24.5 Å². The Kier molecular flexibility index (Phi) is 7.51. The molecule has 0 bridgehead atoms. The molecule has 0 radical (unpaired) electrons. The van der Waals surface area contributed by atoms with Crippen molar-refractivity contribution in [3.05, 3.63) is 77.4 Å². The Hall–Kier alpha value is -3.41. The van der Waals surface area contributed by atoms with Crippen LogP contribution in [0.2, 0.25) is 0 Å². The number of anilines is 1. The smallest absolute Gasteiger partial charge is 0.332 e. The van der Waals surface area contributed by atoms with Gasteiger partial charge in [-0.15, -0.1) is 0 Å². The third kappa shape index (κ3) is 6.09. The lowest BCUT2D eigenvalue weighted by Crippen LogP contribution is -2.25. The average Bonchev–Trinajstić information content (AvgIpc) is 2.68. The van der Waals surface area contributed by atoms with Gasteiger partial charge in [-0.25, -0.2) is 9.59 Å². The quantitative estimate of drug-likeness (QED) is 0.585. The normalized spacial score (nSPS) is 11.7. The van der Waals surface area contributed by atoms with Crippen LogP contribution in [0.3, 0.4) is 0 Å². The summed E-state index contributed by atoms with van der Waals surface area (Å²) in [6.07, 6.45) is 0.746. The van der Waals surface area contributed by atoms with Gasteiger partial charge in [-0.2, -0.15) is 0 Å². The molecule has 1 atom stereocenters. The fraction of sp³-hybridized carbons (Fsp3) is 0.227. The SMILES string of the molecule is CCOC(=O)/C=C/C(=O)O[C@H](C(=O)Nc1cc(C)ccc1C)c1ccccc1. The molecule has 0 aliphatic heterocycles. The summed E-state index contributed by atoms with van der Waals surface area (Å²) >= 11 is 0. The number of esters is 2. The number of amides is 1. The van der Waals surface area contributed by atoms with E-state index in [1.165, 1.54) is 0 Å². The standard InChI is InChI=1S/C22H23NO5/c1-4-27-19(24)12-13-20(25)28-21(17-8-6-5-7-9-17)22(26)23-18-14-15(2)10-11-16(18)3/h5-14,21H,4H2,1-3H3,(H,23,26)/b13-12+/t21-/m0/s1. The van der Waals surface area contributed by atoms with Crippen molar-refractivity contribution >= 4 is 23.5 Å². The van der Waals surface area contributed by atoms with E-state index in [0.717, 1.165) is 23.3 Å². The van der Waals surface area contributed by atoms with E-state index in [2.05, 4.69) is 5.32 Å². The van der Waals surface area contributed by atoms with E-state index in [-0.39, 0.29) is 6.61 Å². The van der Waals surface area contributed by atoms with E-state index in [1.54, 1.807) is 37.3 Å². The van der Waals surface area contributed by atoms with Crippen molar-refractivity contribution in [1.29, 1.82) is 0 Å². The second-order valence-corrected chi connectivity index (χ2v) is 6.12. The summed E-state index contributed by atoms with van der Waals surface area (Å²) in [7, 11) is 0. The fourth-order valence-corrected chi connectivity index (χ4v) is 2.45. The summed E-state index contributed by atoms with van der Waals surface area (Å²) in [6, 6.07) is 14.4. The summed E-state index contributed by atoms with van der Waals surface area (Å²) in [5, 5.41) is 2.81. The lowest BCUT2D eigenvalue weighted by Gasteiger charge is -2.18. The van der Waals surface area contributed by atoms with E-state index in [4.69, 9.17) is 9.47 Å². The molecule has 1 N–H and O–H groups in total. The van der Waals surface area contributed by atoms with E-state index < -0.39 is 23.9 Å². The molecule has 2 rings (SSSR count). The van der Waals surface area contributed by atoms with Crippen LogP contribution in [0.1, 0.15) is 29.7 Å². The predicted molar refractivity (Wildman–Crippen MR) is 106 cm³/mol. The van der Waals surface area contributed by atoms with Gasteiger partial charge in [0.1, 0.15) is 0 Å². The first-order valence-corrected chi connectivity index (χ1v) is 8.89. The molecule has 0 aliphatic rings. The molecule has 0 aromatic heterocycles. The Morgan fingerprint density at radius 1 is 1.00 bits per heavy atom. The Balaban J connectivity index is 2.20. The van der Waals surface area contributed by atoms with Gasteiger partial charge < -0.3 is 14.8 Å². The van der Waals surface area contributed by atoms with Crippen LogP contribution in [-0.2, 0) is 23.9 Å². The van der Waals surface area contributed by atoms with Gasteiger partial charge in [-0.3, -0.25) is 4.79 Å². The van der Waals surface area contributed by atoms with Crippen LogP contribution >= 0.6 is 0 Å². The molecule has 0 heterocycles. The molecule has 6 nitrogen and oxygen atoms in total. The van der Waals surface area contributed by atoms with Gasteiger partial charge in [-0.1, -0.05) is 42.5 Å². The average molecular weight is 381 g/mol. The van der Waals surface area contributed by atoms with Crippen LogP contribution in [0, 0.1) is 13.8 Å². The van der Waals surface area contributed by atoms with E-state index >= 15 is 0 Å². The molecule has 2 aromatic carbocycles. The van der Waals surface area contributed by atoms with Crippen molar-refractivity contribution in [3.63, 3.8) is 0 Å². The molecular weight excluding hydrogens is 358 g/mol. The molecule has 0 aliphatic carbocycles. The zero-order valence-corrected chi connectivity index (χ0v) is 16.1. The minimum absolute atomic E-state index is 0.198. The monoisotopic (exact) mass is 381 g/mol. The fourth-order valence-electron chi connectivity index (χ4n) is 2.45. The molecule has 0 saturated carbocycles. The van der Waals surface area contributed by atoms with Gasteiger partial charge in [0.2, 0.25) is 6.10 Å². The summed E-state index contributed by atoms with van der Waals surface area (Å²) in [5.41, 5.74) is 3.04. The van der Waals surface area contributed by atoms with Gasteiger partial charge in [0.15, 0.2) is 0 Å². The van der Waals surface area contributed by atoms with Gasteiger partial charge in [0.25, 0.3) is 5.91 Å². The van der Waals surface area contributed by atoms with E-state index in [0.29, 0.717) is 11.3 Å². The van der Waals surface area contributed by atoms with Gasteiger partial charge in [-0.05, 0) is 38.0 Å². The predicted octanol–water partition coefficient (Wildman–Crippen LogP) is 3.65. The van der Waals surface area contributed by atoms with Crippen LogP contribution in [0.4, 0.5) is 5.69 Å². The zero-order valence-electron chi connectivity index (χ0n) is 16.1. The maximum absolute atomic E-state index is 12.8. The molecule has 1 amide bonds.